The summed E-state index contributed by atoms with van der Waals surface area (Å²) in [7, 11) is -3.76. The first-order valence-electron chi connectivity index (χ1n) is 9.21. The van der Waals surface area contributed by atoms with E-state index in [1.807, 2.05) is 19.1 Å². The molecule has 0 atom stereocenters. The van der Waals surface area contributed by atoms with Crippen molar-refractivity contribution in [3.05, 3.63) is 64.2 Å². The predicted molar refractivity (Wildman–Crippen MR) is 119 cm³/mol. The van der Waals surface area contributed by atoms with E-state index in [2.05, 4.69) is 34.5 Å². The Morgan fingerprint density at radius 2 is 1.68 bits per heavy atom. The van der Waals surface area contributed by atoms with E-state index in [9.17, 15) is 8.42 Å². The number of aryl methyl sites for hydroxylation is 1. The number of nitrogens with zero attached hydrogens (tertiary/aromatic N) is 2. The number of hydrogen-bond acceptors (Lipinski definition) is 4. The van der Waals surface area contributed by atoms with Crippen LogP contribution in [0.25, 0.3) is 4.91 Å². The van der Waals surface area contributed by atoms with E-state index < -0.39 is 10.0 Å². The predicted octanol–water partition coefficient (Wildman–Crippen LogP) is 5.08. The topological polar surface area (TPSA) is 61.8 Å². The van der Waals surface area contributed by atoms with Gasteiger partial charge >= 0.3 is 0 Å². The Hall–Kier alpha value is -2.31. The fourth-order valence-corrected chi connectivity index (χ4v) is 4.88. The second-order valence-electron chi connectivity index (χ2n) is 6.67. The highest BCUT2D eigenvalue weighted by Gasteiger charge is 2.31. The summed E-state index contributed by atoms with van der Waals surface area (Å²) in [6.45, 7) is 9.86. The van der Waals surface area contributed by atoms with Gasteiger partial charge in [0.05, 0.1) is 0 Å². The first-order valence-corrected chi connectivity index (χ1v) is 11.0. The molecule has 3 rings (SSSR count). The molecule has 148 valence electrons. The minimum Gasteiger partial charge on any atom is -0.372 e. The zero-order valence-electron chi connectivity index (χ0n) is 16.5. The molecule has 0 unspecified atom stereocenters. The first kappa shape index (κ1) is 20.4. The Morgan fingerprint density at radius 3 is 2.25 bits per heavy atom. The van der Waals surface area contributed by atoms with Gasteiger partial charge in [0.1, 0.15) is 10.7 Å². The van der Waals surface area contributed by atoms with E-state index in [4.69, 9.17) is 11.6 Å². The molecule has 0 spiro atoms. The SMILES string of the molecule is CCN(CC)c1ccc(NC2=NS(=O)(=O)C(c3ccc(Cl)cc3)=C2C)c(C)c1. The van der Waals surface area contributed by atoms with Crippen LogP contribution in [-0.2, 0) is 10.0 Å². The van der Waals surface area contributed by atoms with Gasteiger partial charge in [-0.25, -0.2) is 0 Å². The second kappa shape index (κ2) is 7.97. The van der Waals surface area contributed by atoms with Crippen molar-refractivity contribution in [1.29, 1.82) is 0 Å². The molecule has 0 amide bonds. The van der Waals surface area contributed by atoms with Gasteiger partial charge in [-0.05, 0) is 69.2 Å². The summed E-state index contributed by atoms with van der Waals surface area (Å²) in [5.41, 5.74) is 4.17. The second-order valence-corrected chi connectivity index (χ2v) is 8.65. The van der Waals surface area contributed by atoms with E-state index >= 15 is 0 Å². The van der Waals surface area contributed by atoms with Crippen molar-refractivity contribution in [1.82, 2.24) is 0 Å². The minimum absolute atomic E-state index is 0.212. The van der Waals surface area contributed by atoms with Crippen LogP contribution in [0.5, 0.6) is 0 Å². The van der Waals surface area contributed by atoms with Gasteiger partial charge in [-0.3, -0.25) is 0 Å². The van der Waals surface area contributed by atoms with Crippen LogP contribution >= 0.6 is 11.6 Å². The zero-order valence-corrected chi connectivity index (χ0v) is 18.0. The van der Waals surface area contributed by atoms with E-state index in [1.54, 1.807) is 31.2 Å². The lowest BCUT2D eigenvalue weighted by atomic mass is 10.1. The smallest absolute Gasteiger partial charge is 0.285 e. The monoisotopic (exact) mass is 417 g/mol. The van der Waals surface area contributed by atoms with Crippen LogP contribution in [0.4, 0.5) is 11.4 Å². The van der Waals surface area contributed by atoms with Gasteiger partial charge in [0.2, 0.25) is 0 Å². The van der Waals surface area contributed by atoms with Crippen molar-refractivity contribution in [2.45, 2.75) is 27.7 Å². The van der Waals surface area contributed by atoms with Gasteiger partial charge in [-0.15, -0.1) is 4.40 Å². The number of sulfonamides is 1. The lowest BCUT2D eigenvalue weighted by molar-refractivity contribution is 0.608. The van der Waals surface area contributed by atoms with Gasteiger partial charge in [0, 0.05) is 35.1 Å². The summed E-state index contributed by atoms with van der Waals surface area (Å²) in [6.07, 6.45) is 0. The molecule has 7 heteroatoms. The Bertz CT molecular complexity index is 1050. The van der Waals surface area contributed by atoms with Crippen molar-refractivity contribution in [3.8, 4) is 0 Å². The maximum Gasteiger partial charge on any atom is 0.285 e. The van der Waals surface area contributed by atoms with Gasteiger partial charge in [-0.1, -0.05) is 23.7 Å². The van der Waals surface area contributed by atoms with E-state index in [1.165, 1.54) is 0 Å². The molecule has 1 N–H and O–H groups in total. The molecule has 0 bridgehead atoms. The molecule has 0 aliphatic carbocycles. The highest BCUT2D eigenvalue weighted by Crippen LogP contribution is 2.34. The maximum absolute atomic E-state index is 12.6. The maximum atomic E-state index is 12.6. The molecule has 0 saturated carbocycles. The third-order valence-electron chi connectivity index (χ3n) is 4.86. The molecular formula is C21H24ClN3O2S. The molecule has 1 aliphatic rings. The fraction of sp³-hybridized carbons (Fsp3) is 0.286. The molecule has 0 fully saturated rings. The van der Waals surface area contributed by atoms with Crippen molar-refractivity contribution in [3.63, 3.8) is 0 Å². The van der Waals surface area contributed by atoms with E-state index in [-0.39, 0.29) is 4.91 Å². The molecule has 28 heavy (non-hydrogen) atoms. The quantitative estimate of drug-likeness (QED) is 0.736. The van der Waals surface area contributed by atoms with Crippen molar-refractivity contribution in [2.75, 3.05) is 23.3 Å². The standard InChI is InChI=1S/C21H24ClN3O2S/c1-5-25(6-2)18-11-12-19(14(3)13-18)23-21-15(4)20(28(26,27)24-21)16-7-9-17(22)10-8-16/h7-13H,5-6H2,1-4H3,(H,23,24). The van der Waals surface area contributed by atoms with Gasteiger partial charge in [0.15, 0.2) is 0 Å². The highest BCUT2D eigenvalue weighted by molar-refractivity contribution is 8.00. The number of amidine groups is 1. The Morgan fingerprint density at radius 1 is 1.04 bits per heavy atom. The summed E-state index contributed by atoms with van der Waals surface area (Å²) in [5, 5.41) is 3.75. The zero-order chi connectivity index (χ0) is 20.5. The van der Waals surface area contributed by atoms with Crippen molar-refractivity contribution in [2.24, 2.45) is 4.40 Å². The molecule has 5 nitrogen and oxygen atoms in total. The third-order valence-corrected chi connectivity index (χ3v) is 6.60. The van der Waals surface area contributed by atoms with Crippen LogP contribution in [0, 0.1) is 6.92 Å². The van der Waals surface area contributed by atoms with Crippen LogP contribution in [0.3, 0.4) is 0 Å². The first-order chi connectivity index (χ1) is 13.3. The number of anilines is 2. The summed E-state index contributed by atoms with van der Waals surface area (Å²) >= 11 is 5.93. The number of hydrogen-bond donors (Lipinski definition) is 1. The van der Waals surface area contributed by atoms with Crippen LogP contribution in [0.1, 0.15) is 31.9 Å². The van der Waals surface area contributed by atoms with Gasteiger partial charge in [0.25, 0.3) is 10.0 Å². The van der Waals surface area contributed by atoms with Gasteiger partial charge in [-0.2, -0.15) is 8.42 Å². The van der Waals surface area contributed by atoms with Crippen LogP contribution in [-0.4, -0.2) is 27.3 Å². The molecule has 2 aromatic rings. The molecule has 0 aromatic heterocycles. The Labute approximate surface area is 171 Å². The number of nitrogens with one attached hydrogen (secondary N) is 1. The molecule has 2 aromatic carbocycles. The lowest BCUT2D eigenvalue weighted by Gasteiger charge is -2.22. The summed E-state index contributed by atoms with van der Waals surface area (Å²) in [5.74, 6) is 0.351. The van der Waals surface area contributed by atoms with Crippen molar-refractivity contribution >= 4 is 43.7 Å². The number of rotatable bonds is 5. The van der Waals surface area contributed by atoms with Crippen LogP contribution in [0.2, 0.25) is 5.02 Å². The number of benzene rings is 2. The molecule has 0 saturated heterocycles. The fourth-order valence-electron chi connectivity index (χ4n) is 3.32. The number of halogens is 1. The third kappa shape index (κ3) is 3.93. The Kier molecular flexibility index (Phi) is 5.82. The largest absolute Gasteiger partial charge is 0.372 e. The van der Waals surface area contributed by atoms with Gasteiger partial charge < -0.3 is 10.2 Å². The van der Waals surface area contributed by atoms with E-state index in [0.29, 0.717) is 22.0 Å². The molecule has 0 radical (unpaired) electrons. The Balaban J connectivity index is 1.94. The van der Waals surface area contributed by atoms with Crippen LogP contribution in [0.15, 0.2) is 52.4 Å². The van der Waals surface area contributed by atoms with Crippen molar-refractivity contribution < 1.29 is 8.42 Å². The van der Waals surface area contributed by atoms with E-state index in [0.717, 1.165) is 30.0 Å². The average molecular weight is 418 g/mol. The summed E-state index contributed by atoms with van der Waals surface area (Å²) in [6, 6.07) is 12.8. The average Bonchev–Trinajstić information content (AvgIpc) is 2.87. The molecule has 1 aliphatic heterocycles. The minimum atomic E-state index is -3.76. The highest BCUT2D eigenvalue weighted by atomic mass is 35.5. The molecule has 1 heterocycles. The lowest BCUT2D eigenvalue weighted by Crippen LogP contribution is -2.22. The summed E-state index contributed by atoms with van der Waals surface area (Å²) in [4.78, 5) is 2.47. The summed E-state index contributed by atoms with van der Waals surface area (Å²) < 4.78 is 29.2. The molecular weight excluding hydrogens is 394 g/mol. The van der Waals surface area contributed by atoms with Crippen LogP contribution < -0.4 is 10.2 Å². The normalized spacial score (nSPS) is 15.5.